The smallest absolute Gasteiger partial charge is 0.168 e. The summed E-state index contributed by atoms with van der Waals surface area (Å²) in [6.45, 7) is 5.84. The van der Waals surface area contributed by atoms with E-state index in [0.717, 1.165) is 18.6 Å². The first-order valence-corrected chi connectivity index (χ1v) is 5.89. The molecule has 1 fully saturated rings. The molecule has 88 valence electrons. The molecule has 0 spiro atoms. The van der Waals surface area contributed by atoms with E-state index in [9.17, 15) is 9.90 Å². The second-order valence-corrected chi connectivity index (χ2v) is 5.71. The van der Waals surface area contributed by atoms with Crippen molar-refractivity contribution in [3.05, 3.63) is 11.3 Å². The van der Waals surface area contributed by atoms with E-state index < -0.39 is 0 Å². The first kappa shape index (κ1) is 11.4. The molecule has 0 bridgehead atoms. The third-order valence-electron chi connectivity index (χ3n) is 3.14. The molecule has 3 heteroatoms. The molecule has 0 aromatic heterocycles. The summed E-state index contributed by atoms with van der Waals surface area (Å²) in [5, 5.41) is 9.96. The third-order valence-corrected chi connectivity index (χ3v) is 3.14. The summed E-state index contributed by atoms with van der Waals surface area (Å²) in [5.74, 6) is 0.263. The Morgan fingerprint density at radius 1 is 1.38 bits per heavy atom. The first-order valence-electron chi connectivity index (χ1n) is 5.89. The number of aliphatic hydroxyl groups is 1. The fourth-order valence-electron chi connectivity index (χ4n) is 2.24. The molecule has 2 aliphatic carbocycles. The maximum atomic E-state index is 12.0. The summed E-state index contributed by atoms with van der Waals surface area (Å²) in [6, 6.07) is 0.392. The Bertz CT molecular complexity index is 387. The van der Waals surface area contributed by atoms with Crippen molar-refractivity contribution in [2.24, 2.45) is 10.4 Å². The highest BCUT2D eigenvalue weighted by Crippen LogP contribution is 2.36. The maximum absolute atomic E-state index is 12.0. The van der Waals surface area contributed by atoms with Gasteiger partial charge in [-0.2, -0.15) is 0 Å². The van der Waals surface area contributed by atoms with Crippen molar-refractivity contribution in [3.63, 3.8) is 0 Å². The summed E-state index contributed by atoms with van der Waals surface area (Å²) in [6.07, 6.45) is 3.31. The number of carbonyl (C=O) groups excluding carboxylic acids is 1. The van der Waals surface area contributed by atoms with Gasteiger partial charge in [-0.05, 0) is 25.2 Å². The van der Waals surface area contributed by atoms with Gasteiger partial charge in [-0.15, -0.1) is 0 Å². The highest BCUT2D eigenvalue weighted by molar-refractivity contribution is 6.22. The predicted molar refractivity (Wildman–Crippen MR) is 63.8 cm³/mol. The van der Waals surface area contributed by atoms with E-state index in [1.54, 1.807) is 0 Å². The lowest BCUT2D eigenvalue weighted by Crippen LogP contribution is -2.28. The number of rotatable bonds is 2. The highest BCUT2D eigenvalue weighted by Gasteiger charge is 2.34. The molecule has 0 unspecified atom stereocenters. The normalized spacial score (nSPS) is 26.2. The standard InChI is InChI=1S/C13H19NO2/c1-8(14-9-4-5-9)12-10(15)6-13(2,3)7-11(12)16/h9,15H,4-7H2,1-3H3. The fraction of sp³-hybridized carbons (Fsp3) is 0.692. The molecule has 2 aliphatic rings. The Hall–Kier alpha value is -1.12. The molecule has 0 aromatic carbocycles. The van der Waals surface area contributed by atoms with Crippen LogP contribution in [0.4, 0.5) is 0 Å². The predicted octanol–water partition coefficient (Wildman–Crippen LogP) is 2.81. The van der Waals surface area contributed by atoms with Gasteiger partial charge in [0, 0.05) is 18.6 Å². The van der Waals surface area contributed by atoms with Crippen LogP contribution in [0.1, 0.15) is 46.5 Å². The van der Waals surface area contributed by atoms with Crippen LogP contribution in [0.2, 0.25) is 0 Å². The van der Waals surface area contributed by atoms with Gasteiger partial charge in [0.1, 0.15) is 5.76 Å². The molecule has 16 heavy (non-hydrogen) atoms. The van der Waals surface area contributed by atoms with Crippen molar-refractivity contribution >= 4 is 11.5 Å². The first-order chi connectivity index (χ1) is 7.39. The topological polar surface area (TPSA) is 49.7 Å². The van der Waals surface area contributed by atoms with E-state index in [1.807, 2.05) is 20.8 Å². The van der Waals surface area contributed by atoms with Gasteiger partial charge in [0.2, 0.25) is 0 Å². The molecular formula is C13H19NO2. The zero-order valence-corrected chi connectivity index (χ0v) is 10.2. The van der Waals surface area contributed by atoms with Gasteiger partial charge in [0.05, 0.1) is 11.6 Å². The van der Waals surface area contributed by atoms with E-state index in [-0.39, 0.29) is 17.0 Å². The Morgan fingerprint density at radius 3 is 2.50 bits per heavy atom. The zero-order valence-electron chi connectivity index (χ0n) is 10.2. The lowest BCUT2D eigenvalue weighted by atomic mass is 9.76. The molecule has 0 aromatic rings. The SMILES string of the molecule is CC(=NC1CC1)C1=C(O)CC(C)(C)CC1=O. The second kappa shape index (κ2) is 3.72. The van der Waals surface area contributed by atoms with Crippen LogP contribution in [-0.4, -0.2) is 22.6 Å². The van der Waals surface area contributed by atoms with E-state index in [1.165, 1.54) is 0 Å². The third kappa shape index (κ3) is 2.34. The van der Waals surface area contributed by atoms with Crippen LogP contribution in [0, 0.1) is 5.41 Å². The van der Waals surface area contributed by atoms with Gasteiger partial charge < -0.3 is 5.11 Å². The summed E-state index contributed by atoms with van der Waals surface area (Å²) in [5.41, 5.74) is 1.08. The van der Waals surface area contributed by atoms with Crippen LogP contribution in [0.15, 0.2) is 16.3 Å². The second-order valence-electron chi connectivity index (χ2n) is 5.71. The van der Waals surface area contributed by atoms with Crippen molar-refractivity contribution in [1.82, 2.24) is 0 Å². The van der Waals surface area contributed by atoms with Crippen LogP contribution in [0.5, 0.6) is 0 Å². The van der Waals surface area contributed by atoms with Crippen LogP contribution in [-0.2, 0) is 4.79 Å². The Balaban J connectivity index is 2.28. The number of nitrogens with zero attached hydrogens (tertiary/aromatic N) is 1. The molecule has 0 atom stereocenters. The summed E-state index contributed by atoms with van der Waals surface area (Å²) in [7, 11) is 0. The number of hydrogen-bond donors (Lipinski definition) is 1. The molecular weight excluding hydrogens is 202 g/mol. The number of aliphatic imine (C=N–C) groups is 1. The lowest BCUT2D eigenvalue weighted by Gasteiger charge is -2.29. The molecule has 2 rings (SSSR count). The van der Waals surface area contributed by atoms with E-state index in [0.29, 0.717) is 24.5 Å². The van der Waals surface area contributed by atoms with Crippen LogP contribution in [0.3, 0.4) is 0 Å². The minimum Gasteiger partial charge on any atom is -0.511 e. The molecule has 0 heterocycles. The van der Waals surface area contributed by atoms with Crippen molar-refractivity contribution in [3.8, 4) is 0 Å². The number of carbonyl (C=O) groups is 1. The summed E-state index contributed by atoms with van der Waals surface area (Å²) >= 11 is 0. The van der Waals surface area contributed by atoms with E-state index in [2.05, 4.69) is 4.99 Å². The monoisotopic (exact) mass is 221 g/mol. The molecule has 0 aliphatic heterocycles. The number of Topliss-reactive ketones (excluding diaryl/α,β-unsaturated/α-hetero) is 1. The van der Waals surface area contributed by atoms with E-state index >= 15 is 0 Å². The van der Waals surface area contributed by atoms with Gasteiger partial charge in [-0.1, -0.05) is 13.8 Å². The number of hydrogen-bond acceptors (Lipinski definition) is 3. The maximum Gasteiger partial charge on any atom is 0.168 e. The molecule has 0 amide bonds. The fourth-order valence-corrected chi connectivity index (χ4v) is 2.24. The zero-order chi connectivity index (χ0) is 11.9. The number of ketones is 1. The molecule has 1 saturated carbocycles. The Labute approximate surface area is 96.3 Å². The average Bonchev–Trinajstić information content (AvgIpc) is 2.83. The van der Waals surface area contributed by atoms with Crippen molar-refractivity contribution in [2.45, 2.75) is 52.5 Å². The number of aliphatic hydroxyl groups excluding tert-OH is 1. The van der Waals surface area contributed by atoms with Gasteiger partial charge in [-0.25, -0.2) is 0 Å². The molecule has 1 N–H and O–H groups in total. The van der Waals surface area contributed by atoms with Crippen molar-refractivity contribution < 1.29 is 9.90 Å². The van der Waals surface area contributed by atoms with Crippen LogP contribution < -0.4 is 0 Å². The summed E-state index contributed by atoms with van der Waals surface area (Å²) < 4.78 is 0. The molecule has 3 nitrogen and oxygen atoms in total. The molecule has 0 radical (unpaired) electrons. The average molecular weight is 221 g/mol. The Kier molecular flexibility index (Phi) is 2.64. The van der Waals surface area contributed by atoms with Gasteiger partial charge in [-0.3, -0.25) is 9.79 Å². The largest absolute Gasteiger partial charge is 0.511 e. The molecule has 0 saturated heterocycles. The van der Waals surface area contributed by atoms with Gasteiger partial charge in [0.15, 0.2) is 5.78 Å². The summed E-state index contributed by atoms with van der Waals surface area (Å²) in [4.78, 5) is 16.4. The number of allylic oxidation sites excluding steroid dienone is 2. The Morgan fingerprint density at radius 2 is 2.00 bits per heavy atom. The van der Waals surface area contributed by atoms with Crippen molar-refractivity contribution in [1.29, 1.82) is 0 Å². The minimum atomic E-state index is -0.121. The van der Waals surface area contributed by atoms with Gasteiger partial charge in [0.25, 0.3) is 0 Å². The lowest BCUT2D eigenvalue weighted by molar-refractivity contribution is -0.117. The quantitative estimate of drug-likeness (QED) is 0.729. The minimum absolute atomic E-state index is 0.0376. The van der Waals surface area contributed by atoms with Crippen LogP contribution in [0.25, 0.3) is 0 Å². The van der Waals surface area contributed by atoms with E-state index in [4.69, 9.17) is 0 Å². The van der Waals surface area contributed by atoms with Crippen LogP contribution >= 0.6 is 0 Å². The van der Waals surface area contributed by atoms with Gasteiger partial charge >= 0.3 is 0 Å². The highest BCUT2D eigenvalue weighted by atomic mass is 16.3. The van der Waals surface area contributed by atoms with Crippen molar-refractivity contribution in [2.75, 3.05) is 0 Å².